The molecule has 3 rings (SSSR count). The van der Waals surface area contributed by atoms with Gasteiger partial charge in [0.05, 0.1) is 6.26 Å². The molecule has 2 heterocycles. The molecule has 1 aliphatic carbocycles. The van der Waals surface area contributed by atoms with Gasteiger partial charge in [0.25, 0.3) is 5.91 Å². The molecule has 2 aromatic rings. The van der Waals surface area contributed by atoms with Crippen LogP contribution in [0.3, 0.4) is 0 Å². The zero-order valence-electron chi connectivity index (χ0n) is 13.3. The van der Waals surface area contributed by atoms with E-state index in [0.717, 1.165) is 12.8 Å². The van der Waals surface area contributed by atoms with Crippen LogP contribution in [0.25, 0.3) is 11.5 Å². The van der Waals surface area contributed by atoms with Crippen LogP contribution in [0.4, 0.5) is 0 Å². The van der Waals surface area contributed by atoms with Crippen LogP contribution in [0.2, 0.25) is 0 Å². The van der Waals surface area contributed by atoms with E-state index in [0.29, 0.717) is 23.1 Å². The lowest BCUT2D eigenvalue weighted by molar-refractivity contribution is 0.0865. The maximum Gasteiger partial charge on any atom is 0.273 e. The molecular weight excluding hydrogens is 280 g/mol. The van der Waals surface area contributed by atoms with E-state index in [-0.39, 0.29) is 17.4 Å². The first-order valence-electron chi connectivity index (χ1n) is 7.74. The molecule has 5 heteroatoms. The highest BCUT2D eigenvalue weighted by atomic mass is 16.5. The molecule has 118 valence electrons. The number of hydrogen-bond donors (Lipinski definition) is 1. The summed E-state index contributed by atoms with van der Waals surface area (Å²) in [6, 6.07) is 5.34. The SMILES string of the molecule is C[C@@H]1C[C@H](NC(=O)c2cc(-c3ccco3)on2)CC(C)(C)C1. The summed E-state index contributed by atoms with van der Waals surface area (Å²) >= 11 is 0. The fourth-order valence-electron chi connectivity index (χ4n) is 3.63. The molecule has 0 aromatic carbocycles. The van der Waals surface area contributed by atoms with Gasteiger partial charge in [-0.25, -0.2) is 0 Å². The third kappa shape index (κ3) is 3.24. The Morgan fingerprint density at radius 3 is 2.86 bits per heavy atom. The van der Waals surface area contributed by atoms with E-state index in [9.17, 15) is 4.79 Å². The molecular formula is C17H22N2O3. The number of furan rings is 1. The monoisotopic (exact) mass is 302 g/mol. The van der Waals surface area contributed by atoms with Crippen molar-refractivity contribution in [2.45, 2.75) is 46.1 Å². The van der Waals surface area contributed by atoms with Crippen molar-refractivity contribution in [3.63, 3.8) is 0 Å². The van der Waals surface area contributed by atoms with Crippen LogP contribution >= 0.6 is 0 Å². The Balaban J connectivity index is 1.67. The molecule has 5 nitrogen and oxygen atoms in total. The third-order valence-electron chi connectivity index (χ3n) is 4.23. The second kappa shape index (κ2) is 5.63. The summed E-state index contributed by atoms with van der Waals surface area (Å²) in [5.41, 5.74) is 0.557. The smallest absolute Gasteiger partial charge is 0.273 e. The average molecular weight is 302 g/mol. The molecule has 0 bridgehead atoms. The summed E-state index contributed by atoms with van der Waals surface area (Å²) in [7, 11) is 0. The zero-order chi connectivity index (χ0) is 15.7. The Kier molecular flexibility index (Phi) is 3.81. The molecule has 1 amide bonds. The summed E-state index contributed by atoms with van der Waals surface area (Å²) in [6.07, 6.45) is 4.76. The number of carbonyl (C=O) groups is 1. The lowest BCUT2D eigenvalue weighted by Crippen LogP contribution is -2.43. The summed E-state index contributed by atoms with van der Waals surface area (Å²) in [6.45, 7) is 6.75. The van der Waals surface area contributed by atoms with Gasteiger partial charge in [0.15, 0.2) is 11.5 Å². The molecule has 2 aromatic heterocycles. The minimum atomic E-state index is -0.184. The van der Waals surface area contributed by atoms with Crippen LogP contribution < -0.4 is 5.32 Å². The summed E-state index contributed by atoms with van der Waals surface area (Å²) in [4.78, 5) is 12.3. The second-order valence-corrected chi connectivity index (χ2v) is 7.14. The highest BCUT2D eigenvalue weighted by molar-refractivity contribution is 5.93. The van der Waals surface area contributed by atoms with Crippen molar-refractivity contribution >= 4 is 5.91 Å². The van der Waals surface area contributed by atoms with E-state index in [4.69, 9.17) is 8.94 Å². The number of amides is 1. The van der Waals surface area contributed by atoms with Crippen molar-refractivity contribution in [3.8, 4) is 11.5 Å². The molecule has 1 aliphatic rings. The largest absolute Gasteiger partial charge is 0.461 e. The molecule has 1 fully saturated rings. The first kappa shape index (κ1) is 14.9. The number of carbonyl (C=O) groups excluding carboxylic acids is 1. The quantitative estimate of drug-likeness (QED) is 0.934. The molecule has 0 radical (unpaired) electrons. The number of nitrogens with zero attached hydrogens (tertiary/aromatic N) is 1. The van der Waals surface area contributed by atoms with Crippen molar-refractivity contribution in [2.75, 3.05) is 0 Å². The summed E-state index contributed by atoms with van der Waals surface area (Å²) in [5.74, 6) is 1.47. The average Bonchev–Trinajstić information content (AvgIpc) is 3.07. The first-order chi connectivity index (χ1) is 10.4. The molecule has 2 atom stereocenters. The highest BCUT2D eigenvalue weighted by Gasteiger charge is 2.33. The Morgan fingerprint density at radius 1 is 1.36 bits per heavy atom. The van der Waals surface area contributed by atoms with E-state index in [2.05, 4.69) is 31.2 Å². The van der Waals surface area contributed by atoms with Crippen LogP contribution in [0.15, 0.2) is 33.4 Å². The van der Waals surface area contributed by atoms with Gasteiger partial charge < -0.3 is 14.3 Å². The molecule has 0 unspecified atom stereocenters. The minimum Gasteiger partial charge on any atom is -0.461 e. The van der Waals surface area contributed by atoms with E-state index in [1.54, 1.807) is 24.5 Å². The van der Waals surface area contributed by atoms with E-state index in [1.165, 1.54) is 6.42 Å². The maximum absolute atomic E-state index is 12.3. The van der Waals surface area contributed by atoms with Crippen molar-refractivity contribution in [1.29, 1.82) is 0 Å². The van der Waals surface area contributed by atoms with Gasteiger partial charge in [0, 0.05) is 12.1 Å². The predicted molar refractivity (Wildman–Crippen MR) is 82.3 cm³/mol. The van der Waals surface area contributed by atoms with Crippen molar-refractivity contribution in [3.05, 3.63) is 30.2 Å². The molecule has 22 heavy (non-hydrogen) atoms. The Hall–Kier alpha value is -2.04. The summed E-state index contributed by atoms with van der Waals surface area (Å²) in [5, 5.41) is 6.93. The maximum atomic E-state index is 12.3. The minimum absolute atomic E-state index is 0.184. The third-order valence-corrected chi connectivity index (χ3v) is 4.23. The van der Waals surface area contributed by atoms with Gasteiger partial charge in [0.2, 0.25) is 5.76 Å². The molecule has 0 spiro atoms. The number of hydrogen-bond acceptors (Lipinski definition) is 4. The van der Waals surface area contributed by atoms with Crippen LogP contribution in [0.5, 0.6) is 0 Å². The van der Waals surface area contributed by atoms with Crippen molar-refractivity contribution in [1.82, 2.24) is 10.5 Å². The molecule has 1 saturated carbocycles. The van der Waals surface area contributed by atoms with Gasteiger partial charge in [-0.2, -0.15) is 0 Å². The Bertz CT molecular complexity index is 643. The topological polar surface area (TPSA) is 68.3 Å². The van der Waals surface area contributed by atoms with Gasteiger partial charge >= 0.3 is 0 Å². The zero-order valence-corrected chi connectivity index (χ0v) is 13.3. The van der Waals surface area contributed by atoms with Gasteiger partial charge in [-0.1, -0.05) is 25.9 Å². The van der Waals surface area contributed by atoms with E-state index < -0.39 is 0 Å². The van der Waals surface area contributed by atoms with Crippen LogP contribution in [-0.2, 0) is 0 Å². The van der Waals surface area contributed by atoms with Gasteiger partial charge in [-0.3, -0.25) is 4.79 Å². The van der Waals surface area contributed by atoms with Crippen LogP contribution in [0.1, 0.15) is 50.5 Å². The molecule has 0 aliphatic heterocycles. The lowest BCUT2D eigenvalue weighted by Gasteiger charge is -2.39. The van der Waals surface area contributed by atoms with Crippen LogP contribution in [-0.4, -0.2) is 17.1 Å². The molecule has 1 N–H and O–H groups in total. The van der Waals surface area contributed by atoms with Gasteiger partial charge in [0.1, 0.15) is 0 Å². The second-order valence-electron chi connectivity index (χ2n) is 7.14. The van der Waals surface area contributed by atoms with Crippen molar-refractivity contribution < 1.29 is 13.7 Å². The van der Waals surface area contributed by atoms with E-state index >= 15 is 0 Å². The van der Waals surface area contributed by atoms with Crippen molar-refractivity contribution in [2.24, 2.45) is 11.3 Å². The Labute approximate surface area is 130 Å². The normalized spacial score (nSPS) is 24.1. The van der Waals surface area contributed by atoms with Gasteiger partial charge in [-0.15, -0.1) is 0 Å². The van der Waals surface area contributed by atoms with E-state index in [1.807, 2.05) is 0 Å². The first-order valence-corrected chi connectivity index (χ1v) is 7.74. The molecule has 0 saturated heterocycles. The highest BCUT2D eigenvalue weighted by Crippen LogP contribution is 2.38. The Morgan fingerprint density at radius 2 is 2.18 bits per heavy atom. The standard InChI is InChI=1S/C17H22N2O3/c1-11-7-12(10-17(2,3)9-11)18-16(20)13-8-15(22-19-13)14-5-4-6-21-14/h4-6,8,11-12H,7,9-10H2,1-3H3,(H,18,20)/t11-,12+/m1/s1. The number of nitrogens with one attached hydrogen (secondary N) is 1. The number of aromatic nitrogens is 1. The fourth-order valence-corrected chi connectivity index (χ4v) is 3.63. The lowest BCUT2D eigenvalue weighted by atomic mass is 9.70. The summed E-state index contributed by atoms with van der Waals surface area (Å²) < 4.78 is 10.4. The predicted octanol–water partition coefficient (Wildman–Crippen LogP) is 3.88. The number of rotatable bonds is 3. The fraction of sp³-hybridized carbons (Fsp3) is 0.529. The van der Waals surface area contributed by atoms with Crippen LogP contribution in [0, 0.1) is 11.3 Å². The van der Waals surface area contributed by atoms with Gasteiger partial charge in [-0.05, 0) is 42.7 Å².